The minimum Gasteiger partial charge on any atom is -0.496 e. The quantitative estimate of drug-likeness (QED) is 0.608. The van der Waals surface area contributed by atoms with E-state index in [2.05, 4.69) is 4.98 Å². The number of aldehydes is 1. The lowest BCUT2D eigenvalue weighted by Gasteiger charge is -2.05. The average molecular weight is 239 g/mol. The lowest BCUT2D eigenvalue weighted by Crippen LogP contribution is -1.90. The van der Waals surface area contributed by atoms with Crippen LogP contribution in [0.5, 0.6) is 5.75 Å². The van der Waals surface area contributed by atoms with Gasteiger partial charge in [0, 0.05) is 29.1 Å². The number of aromatic nitrogens is 1. The molecule has 0 saturated heterocycles. The Morgan fingerprint density at radius 1 is 1.22 bits per heavy atom. The minimum atomic E-state index is 0.576. The minimum absolute atomic E-state index is 0.576. The average Bonchev–Trinajstić information content (AvgIpc) is 2.46. The van der Waals surface area contributed by atoms with Gasteiger partial charge < -0.3 is 4.74 Å². The molecule has 0 aliphatic rings. The van der Waals surface area contributed by atoms with Crippen molar-refractivity contribution in [2.45, 2.75) is 0 Å². The maximum atomic E-state index is 11.2. The zero-order chi connectivity index (χ0) is 12.8. The number of methoxy groups -OCH3 is 1. The van der Waals surface area contributed by atoms with Crippen molar-refractivity contribution < 1.29 is 9.53 Å². The number of hydrogen-bond acceptors (Lipinski definition) is 3. The summed E-state index contributed by atoms with van der Waals surface area (Å²) >= 11 is 0. The highest BCUT2D eigenvalue weighted by molar-refractivity contribution is 6.13. The molecule has 90 valence electrons. The van der Waals surface area contributed by atoms with Crippen LogP contribution in [0.2, 0.25) is 0 Å². The van der Waals surface area contributed by atoms with Crippen molar-refractivity contribution >= 4 is 17.9 Å². The van der Waals surface area contributed by atoms with E-state index in [1.807, 2.05) is 30.3 Å². The Labute approximate surface area is 106 Å². The third kappa shape index (κ3) is 2.63. The largest absolute Gasteiger partial charge is 0.496 e. The predicted octanol–water partition coefficient (Wildman–Crippen LogP) is 2.83. The summed E-state index contributed by atoms with van der Waals surface area (Å²) in [6.45, 7) is 0. The highest BCUT2D eigenvalue weighted by atomic mass is 16.5. The number of para-hydroxylation sites is 1. The molecule has 0 aliphatic heterocycles. The van der Waals surface area contributed by atoms with Crippen molar-refractivity contribution in [3.05, 3.63) is 59.9 Å². The van der Waals surface area contributed by atoms with Gasteiger partial charge in [0.2, 0.25) is 0 Å². The molecule has 3 heteroatoms. The first kappa shape index (κ1) is 12.0. The highest BCUT2D eigenvalue weighted by Gasteiger charge is 2.03. The molecule has 0 unspecified atom stereocenters. The van der Waals surface area contributed by atoms with Gasteiger partial charge in [0.05, 0.1) is 7.11 Å². The molecule has 0 fully saturated rings. The van der Waals surface area contributed by atoms with E-state index in [0.717, 1.165) is 23.2 Å². The Kier molecular flexibility index (Phi) is 3.86. The number of pyridine rings is 1. The summed E-state index contributed by atoms with van der Waals surface area (Å²) in [5, 5.41) is 0. The molecule has 0 amide bonds. The number of ether oxygens (including phenoxy) is 1. The van der Waals surface area contributed by atoms with Gasteiger partial charge in [-0.1, -0.05) is 24.3 Å². The molecule has 0 N–H and O–H groups in total. The standard InChI is InChI=1S/C15H13NO2/c1-18-15-7-3-2-5-12(15)9-14(11-17)13-6-4-8-16-10-13/h2-11H,1H3. The zero-order valence-corrected chi connectivity index (χ0v) is 10.0. The molecule has 0 spiro atoms. The topological polar surface area (TPSA) is 39.2 Å². The van der Waals surface area contributed by atoms with Crippen LogP contribution in [0, 0.1) is 0 Å². The van der Waals surface area contributed by atoms with Crippen molar-refractivity contribution in [3.8, 4) is 5.75 Å². The van der Waals surface area contributed by atoms with Gasteiger partial charge in [0.1, 0.15) is 5.75 Å². The molecule has 2 rings (SSSR count). The smallest absolute Gasteiger partial charge is 0.150 e. The van der Waals surface area contributed by atoms with Crippen LogP contribution < -0.4 is 4.74 Å². The van der Waals surface area contributed by atoms with Crippen molar-refractivity contribution in [2.24, 2.45) is 0 Å². The van der Waals surface area contributed by atoms with Gasteiger partial charge in [0.15, 0.2) is 6.29 Å². The lowest BCUT2D eigenvalue weighted by atomic mass is 10.1. The number of rotatable bonds is 4. The van der Waals surface area contributed by atoms with Crippen molar-refractivity contribution in [1.29, 1.82) is 0 Å². The Morgan fingerprint density at radius 3 is 2.72 bits per heavy atom. The van der Waals surface area contributed by atoms with E-state index >= 15 is 0 Å². The van der Waals surface area contributed by atoms with Crippen molar-refractivity contribution in [2.75, 3.05) is 7.11 Å². The van der Waals surface area contributed by atoms with E-state index in [1.54, 1.807) is 31.6 Å². The summed E-state index contributed by atoms with van der Waals surface area (Å²) in [4.78, 5) is 15.2. The van der Waals surface area contributed by atoms with Crippen molar-refractivity contribution in [1.82, 2.24) is 4.98 Å². The maximum absolute atomic E-state index is 11.2. The fourth-order valence-electron chi connectivity index (χ4n) is 1.67. The van der Waals surface area contributed by atoms with Gasteiger partial charge in [0.25, 0.3) is 0 Å². The molecule has 0 aliphatic carbocycles. The first-order valence-electron chi connectivity index (χ1n) is 5.55. The number of allylic oxidation sites excluding steroid dienone is 1. The molecule has 0 saturated carbocycles. The van der Waals surface area contributed by atoms with E-state index in [1.165, 1.54) is 0 Å². The van der Waals surface area contributed by atoms with E-state index in [0.29, 0.717) is 5.57 Å². The van der Waals surface area contributed by atoms with E-state index < -0.39 is 0 Å². The first-order valence-corrected chi connectivity index (χ1v) is 5.55. The maximum Gasteiger partial charge on any atom is 0.150 e. The molecule has 18 heavy (non-hydrogen) atoms. The summed E-state index contributed by atoms with van der Waals surface area (Å²) in [5.74, 6) is 0.737. The summed E-state index contributed by atoms with van der Waals surface area (Å²) in [6, 6.07) is 11.2. The number of benzene rings is 1. The molecular weight excluding hydrogens is 226 g/mol. The van der Waals surface area contributed by atoms with E-state index in [9.17, 15) is 4.79 Å². The number of nitrogens with zero attached hydrogens (tertiary/aromatic N) is 1. The third-order valence-electron chi connectivity index (χ3n) is 2.57. The second-order valence-corrected chi connectivity index (χ2v) is 3.70. The number of carbonyl (C=O) groups is 1. The second kappa shape index (κ2) is 5.77. The van der Waals surface area contributed by atoms with E-state index in [4.69, 9.17) is 4.74 Å². The molecular formula is C15H13NO2. The Bertz CT molecular complexity index is 562. The van der Waals surface area contributed by atoms with Crippen LogP contribution in [0.15, 0.2) is 48.8 Å². The van der Waals surface area contributed by atoms with Gasteiger partial charge in [-0.15, -0.1) is 0 Å². The van der Waals surface area contributed by atoms with Crippen molar-refractivity contribution in [3.63, 3.8) is 0 Å². The summed E-state index contributed by atoms with van der Waals surface area (Å²) in [5.41, 5.74) is 2.23. The summed E-state index contributed by atoms with van der Waals surface area (Å²) in [7, 11) is 1.61. The van der Waals surface area contributed by atoms with Crippen LogP contribution in [-0.2, 0) is 4.79 Å². The molecule has 1 aromatic carbocycles. The molecule has 0 radical (unpaired) electrons. The van der Waals surface area contributed by atoms with Crippen LogP contribution in [-0.4, -0.2) is 18.4 Å². The first-order chi connectivity index (χ1) is 8.85. The predicted molar refractivity (Wildman–Crippen MR) is 71.2 cm³/mol. The zero-order valence-electron chi connectivity index (χ0n) is 10.0. The van der Waals surface area contributed by atoms with E-state index in [-0.39, 0.29) is 0 Å². The van der Waals surface area contributed by atoms with Crippen LogP contribution in [0.4, 0.5) is 0 Å². The molecule has 2 aromatic rings. The van der Waals surface area contributed by atoms with Crippen LogP contribution in [0.1, 0.15) is 11.1 Å². The molecule has 3 nitrogen and oxygen atoms in total. The van der Waals surface area contributed by atoms with Gasteiger partial charge in [-0.3, -0.25) is 9.78 Å². The Morgan fingerprint density at radius 2 is 2.06 bits per heavy atom. The van der Waals surface area contributed by atoms with Crippen LogP contribution in [0.3, 0.4) is 0 Å². The van der Waals surface area contributed by atoms with Crippen LogP contribution >= 0.6 is 0 Å². The normalized spacial score (nSPS) is 11.1. The van der Waals surface area contributed by atoms with Gasteiger partial charge >= 0.3 is 0 Å². The summed E-state index contributed by atoms with van der Waals surface area (Å²) < 4.78 is 5.25. The van der Waals surface area contributed by atoms with Gasteiger partial charge in [-0.05, 0) is 18.2 Å². The monoisotopic (exact) mass is 239 g/mol. The highest BCUT2D eigenvalue weighted by Crippen LogP contribution is 2.23. The molecule has 0 atom stereocenters. The third-order valence-corrected chi connectivity index (χ3v) is 2.57. The van der Waals surface area contributed by atoms with Gasteiger partial charge in [-0.2, -0.15) is 0 Å². The summed E-state index contributed by atoms with van der Waals surface area (Å²) in [6.07, 6.45) is 5.96. The molecule has 0 bridgehead atoms. The molecule has 1 heterocycles. The van der Waals surface area contributed by atoms with Gasteiger partial charge in [-0.25, -0.2) is 0 Å². The Hall–Kier alpha value is -2.42. The fourth-order valence-corrected chi connectivity index (χ4v) is 1.67. The number of hydrogen-bond donors (Lipinski definition) is 0. The Balaban J connectivity index is 2.44. The number of carbonyl (C=O) groups excluding carboxylic acids is 1. The fraction of sp³-hybridized carbons (Fsp3) is 0.0667. The second-order valence-electron chi connectivity index (χ2n) is 3.70. The van der Waals surface area contributed by atoms with Crippen LogP contribution in [0.25, 0.3) is 11.6 Å². The lowest BCUT2D eigenvalue weighted by molar-refractivity contribution is -0.103. The molecule has 1 aromatic heterocycles. The SMILES string of the molecule is COc1ccccc1C=C(C=O)c1cccnc1.